The van der Waals surface area contributed by atoms with Crippen LogP contribution in [0, 0.1) is 6.92 Å². The molecule has 4 aromatic rings. The predicted octanol–water partition coefficient (Wildman–Crippen LogP) is 5.03. The number of benzene rings is 3. The van der Waals surface area contributed by atoms with Crippen LogP contribution in [0.15, 0.2) is 83.7 Å². The number of amides is 1. The van der Waals surface area contributed by atoms with Gasteiger partial charge in [0, 0.05) is 22.7 Å². The van der Waals surface area contributed by atoms with Crippen molar-refractivity contribution in [1.29, 1.82) is 0 Å². The number of rotatable bonds is 7. The molecule has 0 atom stereocenters. The lowest BCUT2D eigenvalue weighted by atomic mass is 10.1. The van der Waals surface area contributed by atoms with Crippen molar-refractivity contribution in [2.45, 2.75) is 13.5 Å². The van der Waals surface area contributed by atoms with Crippen LogP contribution < -0.4 is 20.3 Å². The van der Waals surface area contributed by atoms with Crippen molar-refractivity contribution in [2.75, 3.05) is 12.4 Å². The summed E-state index contributed by atoms with van der Waals surface area (Å²) in [6, 6.07) is 22.3. The maximum absolute atomic E-state index is 12.7. The van der Waals surface area contributed by atoms with Gasteiger partial charge in [-0.3, -0.25) is 9.59 Å². The topological polar surface area (TPSA) is 82.4 Å². The highest BCUT2D eigenvalue weighted by Crippen LogP contribution is 2.26. The average Bonchev–Trinajstić information content (AvgIpc) is 2.85. The van der Waals surface area contributed by atoms with Crippen molar-refractivity contribution >= 4 is 23.2 Å². The van der Waals surface area contributed by atoms with Crippen LogP contribution in [0.5, 0.6) is 11.6 Å². The van der Waals surface area contributed by atoms with Gasteiger partial charge in [-0.05, 0) is 66.6 Å². The Labute approximate surface area is 201 Å². The minimum atomic E-state index is -0.319. The quantitative estimate of drug-likeness (QED) is 0.405. The summed E-state index contributed by atoms with van der Waals surface area (Å²) in [4.78, 5) is 25.1. The van der Waals surface area contributed by atoms with Crippen molar-refractivity contribution in [1.82, 2.24) is 9.78 Å². The first-order valence-electron chi connectivity index (χ1n) is 10.5. The molecule has 0 aliphatic heterocycles. The largest absolute Gasteiger partial charge is 0.495 e. The molecule has 4 rings (SSSR count). The number of hydrogen-bond acceptors (Lipinski definition) is 5. The number of methoxy groups -OCH3 is 1. The Morgan fingerprint density at radius 1 is 1.00 bits per heavy atom. The molecular formula is C26H22ClN3O4. The first kappa shape index (κ1) is 23.1. The van der Waals surface area contributed by atoms with E-state index in [1.54, 1.807) is 49.6 Å². The van der Waals surface area contributed by atoms with Crippen LogP contribution in [0.1, 0.15) is 21.5 Å². The van der Waals surface area contributed by atoms with Crippen molar-refractivity contribution < 1.29 is 14.3 Å². The highest BCUT2D eigenvalue weighted by atomic mass is 35.5. The second-order valence-corrected chi connectivity index (χ2v) is 7.98. The first-order chi connectivity index (χ1) is 16.4. The maximum Gasteiger partial charge on any atom is 0.271 e. The molecule has 0 aliphatic carbocycles. The molecule has 0 fully saturated rings. The third-order valence-electron chi connectivity index (χ3n) is 5.05. The Hall–Kier alpha value is -4.10. The van der Waals surface area contributed by atoms with Crippen LogP contribution in [-0.4, -0.2) is 22.8 Å². The van der Waals surface area contributed by atoms with Crippen LogP contribution in [0.25, 0.3) is 5.69 Å². The number of anilines is 1. The molecule has 0 spiro atoms. The number of nitrogens with zero attached hydrogens (tertiary/aromatic N) is 2. The first-order valence-corrected chi connectivity index (χ1v) is 10.8. The zero-order valence-corrected chi connectivity index (χ0v) is 19.4. The number of carbonyl (C=O) groups excluding carboxylic acids is 1. The van der Waals surface area contributed by atoms with E-state index in [0.29, 0.717) is 33.6 Å². The molecular weight excluding hydrogens is 454 g/mol. The Bertz CT molecular complexity index is 1370. The van der Waals surface area contributed by atoms with Crippen LogP contribution in [0.4, 0.5) is 5.69 Å². The second-order valence-electron chi connectivity index (χ2n) is 7.54. The fourth-order valence-electron chi connectivity index (χ4n) is 3.26. The van der Waals surface area contributed by atoms with E-state index in [1.807, 2.05) is 31.2 Å². The SMILES string of the molecule is COc1ccc(C)cc1NC(=O)c1ccc(-n2nc(OCc3ccc(Cl)cc3)ccc2=O)cc1. The van der Waals surface area contributed by atoms with Crippen molar-refractivity contribution in [3.05, 3.63) is 111 Å². The van der Waals surface area contributed by atoms with Gasteiger partial charge in [-0.15, -0.1) is 5.10 Å². The third-order valence-corrected chi connectivity index (χ3v) is 5.30. The third kappa shape index (κ3) is 5.44. The summed E-state index contributed by atoms with van der Waals surface area (Å²) in [6.07, 6.45) is 0. The number of aryl methyl sites for hydroxylation is 1. The molecule has 1 amide bonds. The summed E-state index contributed by atoms with van der Waals surface area (Å²) < 4.78 is 12.3. The van der Waals surface area contributed by atoms with Gasteiger partial charge in [0.2, 0.25) is 5.88 Å². The molecule has 0 aliphatic rings. The van der Waals surface area contributed by atoms with Gasteiger partial charge >= 0.3 is 0 Å². The van der Waals surface area contributed by atoms with E-state index >= 15 is 0 Å². The molecule has 1 aromatic heterocycles. The molecule has 0 unspecified atom stereocenters. The smallest absolute Gasteiger partial charge is 0.271 e. The zero-order valence-electron chi connectivity index (χ0n) is 18.6. The molecule has 0 radical (unpaired) electrons. The van der Waals surface area contributed by atoms with Gasteiger partial charge in [-0.2, -0.15) is 4.68 Å². The van der Waals surface area contributed by atoms with Gasteiger partial charge in [-0.25, -0.2) is 0 Å². The molecule has 172 valence electrons. The molecule has 34 heavy (non-hydrogen) atoms. The van der Waals surface area contributed by atoms with E-state index in [4.69, 9.17) is 21.1 Å². The van der Waals surface area contributed by atoms with Gasteiger partial charge in [0.15, 0.2) is 0 Å². The van der Waals surface area contributed by atoms with Crippen LogP contribution in [-0.2, 0) is 6.61 Å². The van der Waals surface area contributed by atoms with Gasteiger partial charge in [0.05, 0.1) is 18.5 Å². The standard InChI is InChI=1S/C26H22ClN3O4/c1-17-3-12-23(33-2)22(15-17)28-26(32)19-6-10-21(11-7-19)30-25(31)14-13-24(29-30)34-16-18-4-8-20(27)9-5-18/h3-15H,16H2,1-2H3,(H,28,32). The van der Waals surface area contributed by atoms with E-state index < -0.39 is 0 Å². The molecule has 0 saturated heterocycles. The summed E-state index contributed by atoms with van der Waals surface area (Å²) in [7, 11) is 1.55. The van der Waals surface area contributed by atoms with E-state index in [-0.39, 0.29) is 18.1 Å². The van der Waals surface area contributed by atoms with Crippen molar-refractivity contribution in [3.8, 4) is 17.3 Å². The molecule has 0 bridgehead atoms. The summed E-state index contributed by atoms with van der Waals surface area (Å²) in [5.74, 6) is 0.570. The molecule has 0 saturated carbocycles. The van der Waals surface area contributed by atoms with E-state index in [1.165, 1.54) is 16.8 Å². The van der Waals surface area contributed by atoms with Crippen LogP contribution >= 0.6 is 11.6 Å². The fraction of sp³-hybridized carbons (Fsp3) is 0.115. The maximum atomic E-state index is 12.7. The molecule has 7 nitrogen and oxygen atoms in total. The van der Waals surface area contributed by atoms with Gasteiger partial charge < -0.3 is 14.8 Å². The summed E-state index contributed by atoms with van der Waals surface area (Å²) >= 11 is 5.90. The van der Waals surface area contributed by atoms with Crippen LogP contribution in [0.2, 0.25) is 5.02 Å². The monoisotopic (exact) mass is 475 g/mol. The molecule has 3 aromatic carbocycles. The molecule has 1 N–H and O–H groups in total. The number of carbonyl (C=O) groups is 1. The predicted molar refractivity (Wildman–Crippen MR) is 131 cm³/mol. The summed E-state index contributed by atoms with van der Waals surface area (Å²) in [5.41, 5.74) is 3.11. The Morgan fingerprint density at radius 3 is 2.44 bits per heavy atom. The van der Waals surface area contributed by atoms with Gasteiger partial charge in [0.25, 0.3) is 11.5 Å². The number of hydrogen-bond donors (Lipinski definition) is 1. The van der Waals surface area contributed by atoms with E-state index in [2.05, 4.69) is 10.4 Å². The van der Waals surface area contributed by atoms with E-state index in [0.717, 1.165) is 11.1 Å². The second kappa shape index (κ2) is 10.2. The summed E-state index contributed by atoms with van der Waals surface area (Å²) in [5, 5.41) is 7.79. The van der Waals surface area contributed by atoms with Crippen LogP contribution in [0.3, 0.4) is 0 Å². The van der Waals surface area contributed by atoms with E-state index in [9.17, 15) is 9.59 Å². The number of halogens is 1. The van der Waals surface area contributed by atoms with Crippen molar-refractivity contribution in [3.63, 3.8) is 0 Å². The zero-order chi connectivity index (χ0) is 24.1. The van der Waals surface area contributed by atoms with Crippen molar-refractivity contribution in [2.24, 2.45) is 0 Å². The number of nitrogens with one attached hydrogen (secondary N) is 1. The minimum absolute atomic E-state index is 0.282. The lowest BCUT2D eigenvalue weighted by Gasteiger charge is -2.12. The normalized spacial score (nSPS) is 10.6. The highest BCUT2D eigenvalue weighted by molar-refractivity contribution is 6.30. The highest BCUT2D eigenvalue weighted by Gasteiger charge is 2.11. The lowest BCUT2D eigenvalue weighted by Crippen LogP contribution is -2.20. The number of aromatic nitrogens is 2. The van der Waals surface area contributed by atoms with Gasteiger partial charge in [0.1, 0.15) is 12.4 Å². The minimum Gasteiger partial charge on any atom is -0.495 e. The van der Waals surface area contributed by atoms with Gasteiger partial charge in [-0.1, -0.05) is 29.8 Å². The Kier molecular flexibility index (Phi) is 6.94. The Morgan fingerprint density at radius 2 is 1.74 bits per heavy atom. The molecule has 8 heteroatoms. The fourth-order valence-corrected chi connectivity index (χ4v) is 3.39. The summed E-state index contributed by atoms with van der Waals surface area (Å²) in [6.45, 7) is 2.21. The lowest BCUT2D eigenvalue weighted by molar-refractivity contribution is 0.102. The Balaban J connectivity index is 1.49. The molecule has 1 heterocycles. The average molecular weight is 476 g/mol. The number of ether oxygens (including phenoxy) is 2.